The number of likely N-dealkylation sites (tertiary alicyclic amines) is 1. The van der Waals surface area contributed by atoms with Gasteiger partial charge in [0.15, 0.2) is 11.5 Å². The van der Waals surface area contributed by atoms with Gasteiger partial charge < -0.3 is 19.3 Å². The second-order valence-electron chi connectivity index (χ2n) is 7.13. The third-order valence-corrected chi connectivity index (χ3v) is 5.20. The van der Waals surface area contributed by atoms with E-state index in [0.29, 0.717) is 13.2 Å². The van der Waals surface area contributed by atoms with E-state index in [9.17, 15) is 5.11 Å². The van der Waals surface area contributed by atoms with Crippen molar-refractivity contribution in [2.45, 2.75) is 32.2 Å². The van der Waals surface area contributed by atoms with Gasteiger partial charge in [0.1, 0.15) is 5.75 Å². The highest BCUT2D eigenvalue weighted by molar-refractivity contribution is 5.51. The zero-order chi connectivity index (χ0) is 17.7. The van der Waals surface area contributed by atoms with E-state index in [1.165, 1.54) is 0 Å². The van der Waals surface area contributed by atoms with Gasteiger partial charge in [0.2, 0.25) is 0 Å². The van der Waals surface area contributed by atoms with Crippen LogP contribution in [-0.2, 0) is 6.54 Å². The fraction of sp³-hybridized carbons (Fsp3) is 0.600. The van der Waals surface area contributed by atoms with Gasteiger partial charge in [0.05, 0.1) is 26.9 Å². The lowest BCUT2D eigenvalue weighted by Gasteiger charge is -2.41. The van der Waals surface area contributed by atoms with Crippen LogP contribution in [0.25, 0.3) is 0 Å². The molecule has 5 heteroatoms. The van der Waals surface area contributed by atoms with Gasteiger partial charge in [-0.15, -0.1) is 6.58 Å². The van der Waals surface area contributed by atoms with Crippen molar-refractivity contribution in [3.8, 4) is 17.2 Å². The number of hydrogen-bond donors (Lipinski definition) is 1. The van der Waals surface area contributed by atoms with Crippen LogP contribution in [0.1, 0.15) is 31.2 Å². The summed E-state index contributed by atoms with van der Waals surface area (Å²) in [6, 6.07) is 3.98. The molecule has 0 spiro atoms. The Morgan fingerprint density at radius 1 is 1.28 bits per heavy atom. The number of piperidine rings is 1. The minimum atomic E-state index is -0.0709. The fourth-order valence-corrected chi connectivity index (χ4v) is 3.90. The number of fused-ring (bicyclic) bond motifs is 1. The van der Waals surface area contributed by atoms with Crippen molar-refractivity contribution in [1.82, 2.24) is 4.90 Å². The Labute approximate surface area is 150 Å². The molecule has 1 fully saturated rings. The van der Waals surface area contributed by atoms with Crippen LogP contribution in [0.5, 0.6) is 17.2 Å². The van der Waals surface area contributed by atoms with Crippen LogP contribution in [0.2, 0.25) is 0 Å². The summed E-state index contributed by atoms with van der Waals surface area (Å²) >= 11 is 0. The van der Waals surface area contributed by atoms with E-state index in [1.807, 2.05) is 18.2 Å². The molecule has 1 aromatic rings. The van der Waals surface area contributed by atoms with Gasteiger partial charge in [-0.2, -0.15) is 0 Å². The number of rotatable bonds is 6. The third-order valence-electron chi connectivity index (χ3n) is 5.20. The highest BCUT2D eigenvalue weighted by atomic mass is 16.5. The van der Waals surface area contributed by atoms with Gasteiger partial charge >= 0.3 is 0 Å². The number of ether oxygens (including phenoxy) is 3. The monoisotopic (exact) mass is 347 g/mol. The summed E-state index contributed by atoms with van der Waals surface area (Å²) in [4.78, 5) is 2.39. The minimum absolute atomic E-state index is 0.0709. The van der Waals surface area contributed by atoms with Gasteiger partial charge in [0.25, 0.3) is 0 Å². The molecule has 1 saturated heterocycles. The number of benzene rings is 1. The fourth-order valence-electron chi connectivity index (χ4n) is 3.90. The molecule has 2 heterocycles. The maximum Gasteiger partial charge on any atom is 0.164 e. The van der Waals surface area contributed by atoms with Gasteiger partial charge in [-0.3, -0.25) is 4.90 Å². The van der Waals surface area contributed by atoms with Crippen molar-refractivity contribution in [1.29, 1.82) is 0 Å². The summed E-state index contributed by atoms with van der Waals surface area (Å²) in [5.74, 6) is 2.38. The number of allylic oxidation sites excluding steroid dienone is 1. The first-order chi connectivity index (χ1) is 12.2. The van der Waals surface area contributed by atoms with Crippen LogP contribution in [0, 0.1) is 5.41 Å². The van der Waals surface area contributed by atoms with E-state index in [1.54, 1.807) is 7.11 Å². The first-order valence-electron chi connectivity index (χ1n) is 9.10. The highest BCUT2D eigenvalue weighted by Gasteiger charge is 2.34. The van der Waals surface area contributed by atoms with Crippen molar-refractivity contribution in [3.63, 3.8) is 0 Å². The van der Waals surface area contributed by atoms with Crippen molar-refractivity contribution in [2.24, 2.45) is 5.41 Å². The predicted molar refractivity (Wildman–Crippen MR) is 97.4 cm³/mol. The topological polar surface area (TPSA) is 51.2 Å². The number of nitrogens with zero attached hydrogens (tertiary/aromatic N) is 1. The predicted octanol–water partition coefficient (Wildman–Crippen LogP) is 3.01. The molecular formula is C20H29NO4. The van der Waals surface area contributed by atoms with Crippen molar-refractivity contribution >= 4 is 0 Å². The van der Waals surface area contributed by atoms with Crippen LogP contribution >= 0.6 is 0 Å². The Kier molecular flexibility index (Phi) is 5.86. The Hall–Kier alpha value is -1.72. The molecule has 2 aliphatic heterocycles. The lowest BCUT2D eigenvalue weighted by Crippen LogP contribution is -2.44. The molecule has 0 saturated carbocycles. The van der Waals surface area contributed by atoms with E-state index in [4.69, 9.17) is 14.2 Å². The van der Waals surface area contributed by atoms with Crippen LogP contribution in [0.15, 0.2) is 24.8 Å². The van der Waals surface area contributed by atoms with E-state index >= 15 is 0 Å². The van der Waals surface area contributed by atoms with Crippen molar-refractivity contribution in [2.75, 3.05) is 40.0 Å². The van der Waals surface area contributed by atoms with Crippen LogP contribution < -0.4 is 14.2 Å². The molecule has 1 unspecified atom stereocenters. The van der Waals surface area contributed by atoms with Gasteiger partial charge in [-0.25, -0.2) is 0 Å². The number of hydrogen-bond acceptors (Lipinski definition) is 5. The molecule has 2 aliphatic rings. The lowest BCUT2D eigenvalue weighted by molar-refractivity contribution is 0.0306. The minimum Gasteiger partial charge on any atom is -0.496 e. The standard InChI is InChI=1S/C20H29NO4/c1-3-6-20(15-22)7-4-8-21(14-20)13-16-11-18-19(12-17(16)23-2)25-10-5-9-24-18/h3,11-12,22H,1,4-10,13-15H2,2H3. The molecule has 1 atom stereocenters. The summed E-state index contributed by atoms with van der Waals surface area (Å²) in [6.07, 6.45) is 5.79. The molecule has 138 valence electrons. The third kappa shape index (κ3) is 4.10. The van der Waals surface area contributed by atoms with E-state index in [2.05, 4.69) is 11.5 Å². The molecule has 3 rings (SSSR count). The first kappa shape index (κ1) is 18.1. The van der Waals surface area contributed by atoms with E-state index in [-0.39, 0.29) is 12.0 Å². The van der Waals surface area contributed by atoms with Gasteiger partial charge in [0, 0.05) is 36.6 Å². The van der Waals surface area contributed by atoms with Crippen molar-refractivity contribution in [3.05, 3.63) is 30.4 Å². The summed E-state index contributed by atoms with van der Waals surface area (Å²) in [5.41, 5.74) is 1.03. The largest absolute Gasteiger partial charge is 0.496 e. The van der Waals surface area contributed by atoms with Gasteiger partial charge in [-0.1, -0.05) is 6.08 Å². The zero-order valence-corrected chi connectivity index (χ0v) is 15.1. The van der Waals surface area contributed by atoms with Crippen LogP contribution in [-0.4, -0.2) is 50.0 Å². The highest BCUT2D eigenvalue weighted by Crippen LogP contribution is 2.39. The van der Waals surface area contributed by atoms with Crippen molar-refractivity contribution < 1.29 is 19.3 Å². The lowest BCUT2D eigenvalue weighted by atomic mass is 9.77. The molecular weight excluding hydrogens is 318 g/mol. The molecule has 0 amide bonds. The smallest absolute Gasteiger partial charge is 0.164 e. The second-order valence-corrected chi connectivity index (χ2v) is 7.13. The Balaban J connectivity index is 1.79. The Morgan fingerprint density at radius 3 is 2.72 bits per heavy atom. The zero-order valence-electron chi connectivity index (χ0n) is 15.1. The molecule has 0 bridgehead atoms. The quantitative estimate of drug-likeness (QED) is 0.802. The summed E-state index contributed by atoms with van der Waals surface area (Å²) in [7, 11) is 1.69. The van der Waals surface area contributed by atoms with Crippen LogP contribution in [0.4, 0.5) is 0 Å². The molecule has 1 aromatic carbocycles. The first-order valence-corrected chi connectivity index (χ1v) is 9.10. The average molecular weight is 347 g/mol. The Morgan fingerprint density at radius 2 is 2.04 bits per heavy atom. The van der Waals surface area contributed by atoms with E-state index in [0.717, 1.165) is 68.1 Å². The van der Waals surface area contributed by atoms with Crippen LogP contribution in [0.3, 0.4) is 0 Å². The summed E-state index contributed by atoms with van der Waals surface area (Å²) < 4.78 is 17.2. The SMILES string of the molecule is C=CCC1(CO)CCCN(Cc2cc3c(cc2OC)OCCCO3)C1. The molecule has 0 aromatic heterocycles. The second kappa shape index (κ2) is 8.11. The normalized spacial score (nSPS) is 23.8. The van der Waals surface area contributed by atoms with E-state index < -0.39 is 0 Å². The summed E-state index contributed by atoms with van der Waals surface area (Å²) in [5, 5.41) is 9.91. The number of methoxy groups -OCH3 is 1. The molecule has 1 N–H and O–H groups in total. The number of aliphatic hydroxyl groups is 1. The molecule has 0 aliphatic carbocycles. The molecule has 25 heavy (non-hydrogen) atoms. The Bertz CT molecular complexity index is 604. The summed E-state index contributed by atoms with van der Waals surface area (Å²) in [6.45, 7) is 8.08. The maximum absolute atomic E-state index is 9.91. The maximum atomic E-state index is 9.91. The number of aliphatic hydroxyl groups excluding tert-OH is 1. The van der Waals surface area contributed by atoms with Gasteiger partial charge in [-0.05, 0) is 31.9 Å². The molecule has 0 radical (unpaired) electrons. The average Bonchev–Trinajstić information content (AvgIpc) is 2.86. The molecule has 5 nitrogen and oxygen atoms in total.